The highest BCUT2D eigenvalue weighted by Crippen LogP contribution is 2.26. The number of thiazole rings is 1. The van der Waals surface area contributed by atoms with Crippen LogP contribution in [0.1, 0.15) is 47.4 Å². The first-order valence-corrected chi connectivity index (χ1v) is 8.93. The van der Waals surface area contributed by atoms with E-state index in [-0.39, 0.29) is 23.0 Å². The molecule has 134 valence electrons. The maximum absolute atomic E-state index is 12.5. The van der Waals surface area contributed by atoms with Gasteiger partial charge in [-0.3, -0.25) is 14.9 Å². The van der Waals surface area contributed by atoms with Gasteiger partial charge in [0, 0.05) is 22.0 Å². The van der Waals surface area contributed by atoms with Gasteiger partial charge in [0.25, 0.3) is 11.8 Å². The third kappa shape index (κ3) is 4.18. The van der Waals surface area contributed by atoms with Crippen molar-refractivity contribution in [2.24, 2.45) is 0 Å². The highest BCUT2D eigenvalue weighted by Gasteiger charge is 2.18. The number of benzene rings is 1. The highest BCUT2D eigenvalue weighted by atomic mass is 32.1. The maximum Gasteiger partial charge on any atom is 0.291 e. The van der Waals surface area contributed by atoms with Crippen molar-refractivity contribution in [2.75, 3.05) is 10.6 Å². The van der Waals surface area contributed by atoms with Crippen LogP contribution in [0.3, 0.4) is 0 Å². The monoisotopic (exact) mass is 369 g/mol. The van der Waals surface area contributed by atoms with Crippen molar-refractivity contribution in [3.05, 3.63) is 65.1 Å². The molecule has 0 aliphatic heterocycles. The fourth-order valence-electron chi connectivity index (χ4n) is 2.18. The molecule has 0 saturated heterocycles. The minimum absolute atomic E-state index is 0.0739. The van der Waals surface area contributed by atoms with E-state index in [1.54, 1.807) is 36.4 Å². The Hall–Kier alpha value is -2.93. The standard InChI is InChI=1S/C19H19N3O3S/c1-19(2,3)15-11-26-18(21-15)22-16(23)12-6-4-7-13(10-12)20-17(24)14-8-5-9-25-14/h4-11H,1-3H3,(H,20,24)(H,21,22,23). The topological polar surface area (TPSA) is 84.2 Å². The first-order valence-electron chi connectivity index (χ1n) is 8.05. The first-order chi connectivity index (χ1) is 12.3. The van der Waals surface area contributed by atoms with Crippen LogP contribution in [0.15, 0.2) is 52.5 Å². The number of hydrogen-bond donors (Lipinski definition) is 2. The van der Waals surface area contributed by atoms with Gasteiger partial charge in [0.2, 0.25) is 0 Å². The normalized spacial score (nSPS) is 11.2. The molecule has 0 radical (unpaired) electrons. The van der Waals surface area contributed by atoms with Crippen molar-refractivity contribution in [1.29, 1.82) is 0 Å². The Bertz CT molecular complexity index is 924. The molecule has 2 N–H and O–H groups in total. The molecule has 2 aromatic heterocycles. The SMILES string of the molecule is CC(C)(C)c1csc(NC(=O)c2cccc(NC(=O)c3ccco3)c2)n1. The van der Waals surface area contributed by atoms with Gasteiger partial charge in [-0.05, 0) is 30.3 Å². The van der Waals surface area contributed by atoms with Crippen molar-refractivity contribution < 1.29 is 14.0 Å². The van der Waals surface area contributed by atoms with Crippen molar-refractivity contribution in [2.45, 2.75) is 26.2 Å². The van der Waals surface area contributed by atoms with Crippen LogP contribution in [-0.4, -0.2) is 16.8 Å². The number of rotatable bonds is 4. The van der Waals surface area contributed by atoms with E-state index in [4.69, 9.17) is 4.42 Å². The van der Waals surface area contributed by atoms with E-state index in [9.17, 15) is 9.59 Å². The van der Waals surface area contributed by atoms with Crippen molar-refractivity contribution in [1.82, 2.24) is 4.98 Å². The minimum Gasteiger partial charge on any atom is -0.459 e. The lowest BCUT2D eigenvalue weighted by atomic mass is 9.93. The highest BCUT2D eigenvalue weighted by molar-refractivity contribution is 7.14. The van der Waals surface area contributed by atoms with E-state index in [1.807, 2.05) is 5.38 Å². The summed E-state index contributed by atoms with van der Waals surface area (Å²) in [5.74, 6) is -0.450. The van der Waals surface area contributed by atoms with Gasteiger partial charge in [0.15, 0.2) is 10.9 Å². The summed E-state index contributed by atoms with van der Waals surface area (Å²) in [7, 11) is 0. The third-order valence-corrected chi connectivity index (χ3v) is 4.38. The lowest BCUT2D eigenvalue weighted by molar-refractivity contribution is 0.0993. The maximum atomic E-state index is 12.5. The molecule has 1 aromatic carbocycles. The summed E-state index contributed by atoms with van der Waals surface area (Å²) in [5.41, 5.74) is 1.79. The first kappa shape index (κ1) is 17.9. The van der Waals surface area contributed by atoms with Crippen LogP contribution in [0, 0.1) is 0 Å². The number of furan rings is 1. The van der Waals surface area contributed by atoms with Gasteiger partial charge < -0.3 is 9.73 Å². The molecule has 7 heteroatoms. The van der Waals surface area contributed by atoms with Crippen molar-refractivity contribution in [3.8, 4) is 0 Å². The van der Waals surface area contributed by atoms with Gasteiger partial charge in [0.1, 0.15) is 0 Å². The van der Waals surface area contributed by atoms with Crippen LogP contribution in [-0.2, 0) is 5.41 Å². The number of aromatic nitrogens is 1. The molecule has 2 amide bonds. The Kier molecular flexibility index (Phi) is 4.90. The molecular formula is C19H19N3O3S. The Morgan fingerprint density at radius 3 is 2.54 bits per heavy atom. The van der Waals surface area contributed by atoms with Gasteiger partial charge in [-0.25, -0.2) is 4.98 Å². The molecule has 0 bridgehead atoms. The number of amides is 2. The molecule has 0 aliphatic rings. The van der Waals surface area contributed by atoms with E-state index in [0.29, 0.717) is 16.4 Å². The molecule has 6 nitrogen and oxygen atoms in total. The number of anilines is 2. The molecule has 0 unspecified atom stereocenters. The third-order valence-electron chi connectivity index (χ3n) is 3.62. The second kappa shape index (κ2) is 7.13. The summed E-state index contributed by atoms with van der Waals surface area (Å²) in [6, 6.07) is 9.90. The second-order valence-corrected chi connectivity index (χ2v) is 7.61. The average Bonchev–Trinajstić information content (AvgIpc) is 3.26. The van der Waals surface area contributed by atoms with E-state index >= 15 is 0 Å². The summed E-state index contributed by atoms with van der Waals surface area (Å²) in [6.07, 6.45) is 1.43. The Balaban J connectivity index is 1.70. The fourth-order valence-corrected chi connectivity index (χ4v) is 3.12. The Morgan fingerprint density at radius 1 is 1.08 bits per heavy atom. The Morgan fingerprint density at radius 2 is 1.88 bits per heavy atom. The van der Waals surface area contributed by atoms with Crippen molar-refractivity contribution in [3.63, 3.8) is 0 Å². The summed E-state index contributed by atoms with van der Waals surface area (Å²) < 4.78 is 5.06. The number of nitrogens with zero attached hydrogens (tertiary/aromatic N) is 1. The van der Waals surface area contributed by atoms with E-state index < -0.39 is 0 Å². The fraction of sp³-hybridized carbons (Fsp3) is 0.211. The predicted molar refractivity (Wildman–Crippen MR) is 102 cm³/mol. The summed E-state index contributed by atoms with van der Waals surface area (Å²) in [5, 5.41) is 7.98. The number of carbonyl (C=O) groups is 2. The van der Waals surface area contributed by atoms with Gasteiger partial charge in [-0.2, -0.15) is 0 Å². The van der Waals surface area contributed by atoms with Gasteiger partial charge in [-0.15, -0.1) is 11.3 Å². The number of hydrogen-bond acceptors (Lipinski definition) is 5. The smallest absolute Gasteiger partial charge is 0.291 e. The van der Waals surface area contributed by atoms with E-state index in [1.165, 1.54) is 17.6 Å². The summed E-state index contributed by atoms with van der Waals surface area (Å²) in [4.78, 5) is 29.0. The molecule has 0 atom stereocenters. The molecular weight excluding hydrogens is 350 g/mol. The van der Waals surface area contributed by atoms with Crippen LogP contribution in [0.2, 0.25) is 0 Å². The lowest BCUT2D eigenvalue weighted by Gasteiger charge is -2.14. The van der Waals surface area contributed by atoms with Crippen LogP contribution in [0.4, 0.5) is 10.8 Å². The van der Waals surface area contributed by atoms with E-state index in [2.05, 4.69) is 36.4 Å². The zero-order chi connectivity index (χ0) is 18.7. The molecule has 26 heavy (non-hydrogen) atoms. The van der Waals surface area contributed by atoms with Crippen LogP contribution >= 0.6 is 11.3 Å². The average molecular weight is 369 g/mol. The Labute approximate surface area is 155 Å². The van der Waals surface area contributed by atoms with Gasteiger partial charge in [-0.1, -0.05) is 26.8 Å². The van der Waals surface area contributed by atoms with Gasteiger partial charge >= 0.3 is 0 Å². The van der Waals surface area contributed by atoms with E-state index in [0.717, 1.165) is 5.69 Å². The van der Waals surface area contributed by atoms with Crippen LogP contribution in [0.5, 0.6) is 0 Å². The second-order valence-electron chi connectivity index (χ2n) is 6.75. The molecule has 0 aliphatic carbocycles. The molecule has 0 saturated carbocycles. The summed E-state index contributed by atoms with van der Waals surface area (Å²) in [6.45, 7) is 6.20. The molecule has 0 fully saturated rings. The lowest BCUT2D eigenvalue weighted by Crippen LogP contribution is -2.15. The molecule has 3 rings (SSSR count). The van der Waals surface area contributed by atoms with Gasteiger partial charge in [0.05, 0.1) is 12.0 Å². The summed E-state index contributed by atoms with van der Waals surface area (Å²) >= 11 is 1.39. The molecule has 0 spiro atoms. The zero-order valence-corrected chi connectivity index (χ0v) is 15.5. The van der Waals surface area contributed by atoms with Crippen LogP contribution < -0.4 is 10.6 Å². The number of carbonyl (C=O) groups excluding carboxylic acids is 2. The largest absolute Gasteiger partial charge is 0.459 e. The molecule has 2 heterocycles. The minimum atomic E-state index is -0.373. The number of nitrogens with one attached hydrogen (secondary N) is 2. The van der Waals surface area contributed by atoms with Crippen molar-refractivity contribution >= 4 is 34.0 Å². The van der Waals surface area contributed by atoms with Crippen LogP contribution in [0.25, 0.3) is 0 Å². The predicted octanol–water partition coefficient (Wildman–Crippen LogP) is 4.54. The quantitative estimate of drug-likeness (QED) is 0.707. The molecule has 3 aromatic rings. The zero-order valence-electron chi connectivity index (χ0n) is 14.7.